The van der Waals surface area contributed by atoms with Crippen LogP contribution in [0.15, 0.2) is 42.7 Å². The summed E-state index contributed by atoms with van der Waals surface area (Å²) in [6.45, 7) is 2.92. The minimum atomic E-state index is -4.56. The average Bonchev–Trinajstić information content (AvgIpc) is 3.30. The SMILES string of the molecule is COC(=O)C1(C(C(N)=O)c2ccc(N3CCOCC3)cc2)CCN(c2cncc(C(F)(F)F)c2)C1. The summed E-state index contributed by atoms with van der Waals surface area (Å²) in [5, 5.41) is 0. The molecule has 1 aromatic heterocycles. The standard InChI is InChI=1S/C24H27F3N4O4/c1-34-22(33)23(6-7-31(15-23)19-12-17(13-29-14-19)24(25,26)27)20(21(28)32)16-2-4-18(5-3-16)30-8-10-35-11-9-30/h2-5,12-14,20H,6-11,15H2,1H3,(H2,28,32). The number of hydrogen-bond acceptors (Lipinski definition) is 7. The van der Waals surface area contributed by atoms with E-state index in [4.69, 9.17) is 15.2 Å². The Morgan fingerprint density at radius 3 is 2.37 bits per heavy atom. The smallest absolute Gasteiger partial charge is 0.417 e. The van der Waals surface area contributed by atoms with Crippen LogP contribution in [0, 0.1) is 5.41 Å². The Hall–Kier alpha value is -3.34. The first-order chi connectivity index (χ1) is 16.7. The molecule has 0 saturated carbocycles. The molecule has 4 rings (SSSR count). The Balaban J connectivity index is 1.66. The highest BCUT2D eigenvalue weighted by Crippen LogP contribution is 2.46. The van der Waals surface area contributed by atoms with Crippen LogP contribution in [0.3, 0.4) is 0 Å². The maximum Gasteiger partial charge on any atom is 0.417 e. The predicted molar refractivity (Wildman–Crippen MR) is 122 cm³/mol. The second kappa shape index (κ2) is 9.73. The highest BCUT2D eigenvalue weighted by atomic mass is 19.4. The number of methoxy groups -OCH3 is 1. The van der Waals surface area contributed by atoms with Crippen LogP contribution in [0.4, 0.5) is 24.5 Å². The van der Waals surface area contributed by atoms with E-state index in [1.165, 1.54) is 13.3 Å². The van der Waals surface area contributed by atoms with Crippen LogP contribution in [0.25, 0.3) is 0 Å². The molecule has 188 valence electrons. The minimum absolute atomic E-state index is 0.0402. The number of aromatic nitrogens is 1. The molecule has 2 saturated heterocycles. The zero-order chi connectivity index (χ0) is 25.2. The monoisotopic (exact) mass is 492 g/mol. The van der Waals surface area contributed by atoms with Crippen molar-refractivity contribution in [2.45, 2.75) is 18.5 Å². The molecular weight excluding hydrogens is 465 g/mol. The number of nitrogens with two attached hydrogens (primary N) is 1. The second-order valence-electron chi connectivity index (χ2n) is 8.78. The average molecular weight is 492 g/mol. The number of esters is 1. The number of hydrogen-bond donors (Lipinski definition) is 1. The molecule has 3 heterocycles. The third-order valence-corrected chi connectivity index (χ3v) is 6.75. The van der Waals surface area contributed by atoms with Gasteiger partial charge in [0.25, 0.3) is 0 Å². The molecule has 2 aliphatic heterocycles. The molecule has 0 spiro atoms. The van der Waals surface area contributed by atoms with Crippen LogP contribution >= 0.6 is 0 Å². The molecule has 2 atom stereocenters. The number of benzene rings is 1. The summed E-state index contributed by atoms with van der Waals surface area (Å²) in [5.74, 6) is -2.38. The fourth-order valence-corrected chi connectivity index (χ4v) is 4.99. The summed E-state index contributed by atoms with van der Waals surface area (Å²) < 4.78 is 50.1. The van der Waals surface area contributed by atoms with Gasteiger partial charge >= 0.3 is 12.1 Å². The number of morpholine rings is 1. The lowest BCUT2D eigenvalue weighted by Crippen LogP contribution is -2.46. The quantitative estimate of drug-likeness (QED) is 0.619. The van der Waals surface area contributed by atoms with Crippen LogP contribution in [0.2, 0.25) is 0 Å². The van der Waals surface area contributed by atoms with Crippen molar-refractivity contribution < 1.29 is 32.2 Å². The minimum Gasteiger partial charge on any atom is -0.469 e. The van der Waals surface area contributed by atoms with E-state index in [9.17, 15) is 22.8 Å². The maximum absolute atomic E-state index is 13.2. The summed E-state index contributed by atoms with van der Waals surface area (Å²) in [6, 6.07) is 8.24. The number of halogens is 3. The van der Waals surface area contributed by atoms with Crippen LogP contribution in [-0.4, -0.2) is 63.4 Å². The predicted octanol–water partition coefficient (Wildman–Crippen LogP) is 2.58. The van der Waals surface area contributed by atoms with E-state index in [0.29, 0.717) is 18.8 Å². The van der Waals surface area contributed by atoms with Crippen molar-refractivity contribution in [1.82, 2.24) is 4.98 Å². The maximum atomic E-state index is 13.2. The van der Waals surface area contributed by atoms with Gasteiger partial charge in [0.1, 0.15) is 5.41 Å². The number of rotatable bonds is 6. The summed E-state index contributed by atoms with van der Waals surface area (Å²) in [5.41, 5.74) is 5.27. The van der Waals surface area contributed by atoms with Gasteiger partial charge in [-0.05, 0) is 30.2 Å². The van der Waals surface area contributed by atoms with Gasteiger partial charge < -0.3 is 25.0 Å². The number of anilines is 2. The number of primary amides is 1. The summed E-state index contributed by atoms with van der Waals surface area (Å²) >= 11 is 0. The van der Waals surface area contributed by atoms with E-state index in [0.717, 1.165) is 31.0 Å². The van der Waals surface area contributed by atoms with Gasteiger partial charge in [-0.2, -0.15) is 13.2 Å². The van der Waals surface area contributed by atoms with E-state index < -0.39 is 34.9 Å². The van der Waals surface area contributed by atoms with Crippen molar-refractivity contribution >= 4 is 23.3 Å². The van der Waals surface area contributed by atoms with Crippen molar-refractivity contribution in [3.8, 4) is 0 Å². The zero-order valence-corrected chi connectivity index (χ0v) is 19.3. The van der Waals surface area contributed by atoms with Gasteiger partial charge in [-0.15, -0.1) is 0 Å². The molecule has 1 aromatic carbocycles. The van der Waals surface area contributed by atoms with E-state index in [2.05, 4.69) is 9.88 Å². The molecule has 35 heavy (non-hydrogen) atoms. The van der Waals surface area contributed by atoms with Crippen molar-refractivity contribution in [3.63, 3.8) is 0 Å². The number of carbonyl (C=O) groups is 2. The highest BCUT2D eigenvalue weighted by molar-refractivity contribution is 5.92. The van der Waals surface area contributed by atoms with E-state index in [1.807, 2.05) is 12.1 Å². The Bertz CT molecular complexity index is 1070. The topological polar surface area (TPSA) is 98.0 Å². The van der Waals surface area contributed by atoms with Crippen LogP contribution in [-0.2, 0) is 25.2 Å². The van der Waals surface area contributed by atoms with Gasteiger partial charge in [-0.3, -0.25) is 14.6 Å². The molecule has 0 bridgehead atoms. The lowest BCUT2D eigenvalue weighted by molar-refractivity contribution is -0.155. The van der Waals surface area contributed by atoms with Crippen LogP contribution < -0.4 is 15.5 Å². The van der Waals surface area contributed by atoms with E-state index in [1.54, 1.807) is 17.0 Å². The first kappa shape index (κ1) is 24.8. The lowest BCUT2D eigenvalue weighted by atomic mass is 9.70. The Kier molecular flexibility index (Phi) is 6.88. The van der Waals surface area contributed by atoms with Gasteiger partial charge in [-0.25, -0.2) is 0 Å². The van der Waals surface area contributed by atoms with Crippen molar-refractivity contribution in [1.29, 1.82) is 0 Å². The molecule has 0 radical (unpaired) electrons. The number of carbonyl (C=O) groups excluding carboxylic acids is 2. The first-order valence-electron chi connectivity index (χ1n) is 11.2. The molecule has 8 nitrogen and oxygen atoms in total. The third-order valence-electron chi connectivity index (χ3n) is 6.75. The van der Waals surface area contributed by atoms with Crippen molar-refractivity contribution in [2.24, 2.45) is 11.1 Å². The summed E-state index contributed by atoms with van der Waals surface area (Å²) in [6.07, 6.45) is -2.33. The number of nitrogens with zero attached hydrogens (tertiary/aromatic N) is 3. The molecule has 1 amide bonds. The van der Waals surface area contributed by atoms with Crippen LogP contribution in [0.5, 0.6) is 0 Å². The largest absolute Gasteiger partial charge is 0.469 e. The molecule has 11 heteroatoms. The Labute approximate surface area is 200 Å². The molecule has 2 N–H and O–H groups in total. The molecule has 2 fully saturated rings. The summed E-state index contributed by atoms with van der Waals surface area (Å²) in [7, 11) is 1.22. The van der Waals surface area contributed by atoms with Gasteiger partial charge in [0.05, 0.1) is 43.7 Å². The van der Waals surface area contributed by atoms with Gasteiger partial charge in [0.15, 0.2) is 0 Å². The van der Waals surface area contributed by atoms with E-state index in [-0.39, 0.29) is 25.2 Å². The lowest BCUT2D eigenvalue weighted by Gasteiger charge is -2.34. The number of alkyl halides is 3. The van der Waals surface area contributed by atoms with Gasteiger partial charge in [0, 0.05) is 38.1 Å². The van der Waals surface area contributed by atoms with Crippen molar-refractivity contribution in [2.75, 3.05) is 56.3 Å². The van der Waals surface area contributed by atoms with Crippen molar-refractivity contribution in [3.05, 3.63) is 53.9 Å². The normalized spacial score (nSPS) is 21.6. The molecular formula is C24H27F3N4O4. The van der Waals surface area contributed by atoms with Crippen LogP contribution in [0.1, 0.15) is 23.5 Å². The van der Waals surface area contributed by atoms with E-state index >= 15 is 0 Å². The first-order valence-corrected chi connectivity index (χ1v) is 11.2. The molecule has 2 aromatic rings. The molecule has 0 aliphatic carbocycles. The summed E-state index contributed by atoms with van der Waals surface area (Å²) in [4.78, 5) is 33.3. The fraction of sp³-hybridized carbons (Fsp3) is 0.458. The zero-order valence-electron chi connectivity index (χ0n) is 19.3. The Morgan fingerprint density at radius 2 is 1.77 bits per heavy atom. The second-order valence-corrected chi connectivity index (χ2v) is 8.78. The third kappa shape index (κ3) is 4.90. The number of pyridine rings is 1. The molecule has 2 aliphatic rings. The van der Waals surface area contributed by atoms with Gasteiger partial charge in [0.2, 0.25) is 5.91 Å². The fourth-order valence-electron chi connectivity index (χ4n) is 4.99. The molecule has 2 unspecified atom stereocenters. The highest BCUT2D eigenvalue weighted by Gasteiger charge is 2.54. The van der Waals surface area contributed by atoms with Gasteiger partial charge in [-0.1, -0.05) is 12.1 Å². The number of amides is 1. The Morgan fingerprint density at radius 1 is 1.09 bits per heavy atom. The number of ether oxygens (including phenoxy) is 2.